The van der Waals surface area contributed by atoms with E-state index in [1.165, 1.54) is 12.8 Å². The summed E-state index contributed by atoms with van der Waals surface area (Å²) in [6.45, 7) is 7.81. The molecule has 1 aliphatic rings. The number of anilines is 3. The maximum absolute atomic E-state index is 12.2. The normalized spacial score (nSPS) is 13.9. The van der Waals surface area contributed by atoms with Crippen LogP contribution in [0.4, 0.5) is 22.1 Å². The van der Waals surface area contributed by atoms with Crippen LogP contribution in [0.25, 0.3) is 0 Å². The lowest BCUT2D eigenvalue weighted by molar-refractivity contribution is 0.262. The highest BCUT2D eigenvalue weighted by atomic mass is 16.2. The Morgan fingerprint density at radius 3 is 2.12 bits per heavy atom. The van der Waals surface area contributed by atoms with Crippen molar-refractivity contribution in [2.75, 3.05) is 28.6 Å². The van der Waals surface area contributed by atoms with Crippen molar-refractivity contribution in [2.24, 2.45) is 0 Å². The molecule has 3 rings (SSSR count). The molecule has 2 amide bonds. The van der Waals surface area contributed by atoms with Crippen LogP contribution in [0.1, 0.15) is 29.8 Å². The molecule has 2 heterocycles. The van der Waals surface area contributed by atoms with Crippen LogP contribution in [-0.4, -0.2) is 29.1 Å². The summed E-state index contributed by atoms with van der Waals surface area (Å²) in [4.78, 5) is 23.5. The van der Waals surface area contributed by atoms with Crippen LogP contribution in [0.2, 0.25) is 0 Å². The molecular weight excluding hydrogens is 302 g/mol. The number of rotatable bonds is 3. The summed E-state index contributed by atoms with van der Waals surface area (Å²) >= 11 is 0. The third kappa shape index (κ3) is 3.64. The number of aryl methyl sites for hydroxylation is 3. The molecule has 0 radical (unpaired) electrons. The van der Waals surface area contributed by atoms with E-state index in [0.29, 0.717) is 5.69 Å². The van der Waals surface area contributed by atoms with Gasteiger partial charge in [0.05, 0.1) is 17.1 Å². The Labute approximate surface area is 142 Å². The van der Waals surface area contributed by atoms with Gasteiger partial charge in [-0.15, -0.1) is 0 Å². The first-order chi connectivity index (χ1) is 11.5. The molecule has 24 heavy (non-hydrogen) atoms. The van der Waals surface area contributed by atoms with E-state index in [1.807, 2.05) is 45.0 Å². The summed E-state index contributed by atoms with van der Waals surface area (Å²) < 4.78 is 0. The van der Waals surface area contributed by atoms with Gasteiger partial charge in [-0.3, -0.25) is 0 Å². The van der Waals surface area contributed by atoms with Gasteiger partial charge in [0.2, 0.25) is 5.95 Å². The van der Waals surface area contributed by atoms with E-state index in [2.05, 4.69) is 25.5 Å². The molecule has 0 spiro atoms. The first-order valence-electron chi connectivity index (χ1n) is 8.28. The van der Waals surface area contributed by atoms with Crippen molar-refractivity contribution in [3.8, 4) is 0 Å². The standard InChI is InChI=1S/C18H23N5O/c1-12-6-8-15(9-7-12)21-18(24)22-16-13(2)19-17(20-14(16)3)23-10-4-5-11-23/h6-9H,4-5,10-11H2,1-3H3,(H2,21,22,24). The van der Waals surface area contributed by atoms with Gasteiger partial charge in [-0.2, -0.15) is 0 Å². The summed E-state index contributed by atoms with van der Waals surface area (Å²) in [7, 11) is 0. The molecule has 126 valence electrons. The second-order valence-electron chi connectivity index (χ2n) is 6.21. The van der Waals surface area contributed by atoms with Crippen molar-refractivity contribution in [3.63, 3.8) is 0 Å². The molecule has 1 aliphatic heterocycles. The molecule has 1 aromatic carbocycles. The number of nitrogens with zero attached hydrogens (tertiary/aromatic N) is 3. The smallest absolute Gasteiger partial charge is 0.323 e. The van der Waals surface area contributed by atoms with Crippen LogP contribution in [0.15, 0.2) is 24.3 Å². The van der Waals surface area contributed by atoms with E-state index < -0.39 is 0 Å². The van der Waals surface area contributed by atoms with E-state index in [4.69, 9.17) is 0 Å². The average Bonchev–Trinajstić information content (AvgIpc) is 3.07. The van der Waals surface area contributed by atoms with E-state index in [-0.39, 0.29) is 6.03 Å². The van der Waals surface area contributed by atoms with Crippen LogP contribution in [0, 0.1) is 20.8 Å². The predicted octanol–water partition coefficient (Wildman–Crippen LogP) is 3.65. The van der Waals surface area contributed by atoms with Crippen LogP contribution in [0.5, 0.6) is 0 Å². The molecular formula is C18H23N5O. The van der Waals surface area contributed by atoms with Crippen molar-refractivity contribution in [2.45, 2.75) is 33.6 Å². The van der Waals surface area contributed by atoms with Gasteiger partial charge in [-0.1, -0.05) is 17.7 Å². The Bertz CT molecular complexity index is 713. The lowest BCUT2D eigenvalue weighted by Gasteiger charge is -2.18. The quantitative estimate of drug-likeness (QED) is 0.904. The molecule has 0 unspecified atom stereocenters. The Morgan fingerprint density at radius 2 is 1.54 bits per heavy atom. The number of carbonyl (C=O) groups excluding carboxylic acids is 1. The number of urea groups is 1. The molecule has 1 fully saturated rings. The molecule has 0 bridgehead atoms. The Hall–Kier alpha value is -2.63. The highest BCUT2D eigenvalue weighted by Crippen LogP contribution is 2.23. The number of benzene rings is 1. The monoisotopic (exact) mass is 325 g/mol. The van der Waals surface area contributed by atoms with E-state index in [1.54, 1.807) is 0 Å². The minimum absolute atomic E-state index is 0.289. The zero-order valence-electron chi connectivity index (χ0n) is 14.4. The SMILES string of the molecule is Cc1ccc(NC(=O)Nc2c(C)nc(N3CCCC3)nc2C)cc1. The number of aromatic nitrogens is 2. The van der Waals surface area contributed by atoms with Crippen molar-refractivity contribution < 1.29 is 4.79 Å². The van der Waals surface area contributed by atoms with Gasteiger partial charge >= 0.3 is 6.03 Å². The Kier molecular flexibility index (Phi) is 4.64. The minimum atomic E-state index is -0.289. The molecule has 6 heteroatoms. The van der Waals surface area contributed by atoms with Crippen molar-refractivity contribution in [1.29, 1.82) is 0 Å². The first-order valence-corrected chi connectivity index (χ1v) is 8.28. The predicted molar refractivity (Wildman–Crippen MR) is 96.8 cm³/mol. The third-order valence-electron chi connectivity index (χ3n) is 4.20. The second-order valence-corrected chi connectivity index (χ2v) is 6.21. The van der Waals surface area contributed by atoms with E-state index >= 15 is 0 Å². The molecule has 1 saturated heterocycles. The summed E-state index contributed by atoms with van der Waals surface area (Å²) in [6.07, 6.45) is 2.36. The van der Waals surface area contributed by atoms with Gasteiger partial charge in [0.25, 0.3) is 0 Å². The van der Waals surface area contributed by atoms with Crippen molar-refractivity contribution >= 4 is 23.4 Å². The van der Waals surface area contributed by atoms with Crippen molar-refractivity contribution in [3.05, 3.63) is 41.2 Å². The summed E-state index contributed by atoms with van der Waals surface area (Å²) in [5.74, 6) is 0.756. The summed E-state index contributed by atoms with van der Waals surface area (Å²) in [5.41, 5.74) is 4.14. The van der Waals surface area contributed by atoms with Gasteiger partial charge in [-0.25, -0.2) is 14.8 Å². The molecule has 0 aliphatic carbocycles. The maximum Gasteiger partial charge on any atom is 0.323 e. The van der Waals surface area contributed by atoms with Gasteiger partial charge < -0.3 is 15.5 Å². The van der Waals surface area contributed by atoms with Gasteiger partial charge in [0, 0.05) is 18.8 Å². The maximum atomic E-state index is 12.2. The highest BCUT2D eigenvalue weighted by Gasteiger charge is 2.18. The van der Waals surface area contributed by atoms with Crippen LogP contribution >= 0.6 is 0 Å². The van der Waals surface area contributed by atoms with E-state index in [9.17, 15) is 4.79 Å². The first kappa shape index (κ1) is 16.2. The number of carbonyl (C=O) groups is 1. The lowest BCUT2D eigenvalue weighted by Crippen LogP contribution is -2.24. The second kappa shape index (κ2) is 6.86. The van der Waals surface area contributed by atoms with Gasteiger partial charge in [0.15, 0.2) is 0 Å². The average molecular weight is 325 g/mol. The highest BCUT2D eigenvalue weighted by molar-refractivity contribution is 6.00. The fraction of sp³-hybridized carbons (Fsp3) is 0.389. The molecule has 2 aromatic rings. The van der Waals surface area contributed by atoms with E-state index in [0.717, 1.165) is 41.7 Å². The van der Waals surface area contributed by atoms with Gasteiger partial charge in [0.1, 0.15) is 0 Å². The molecule has 6 nitrogen and oxygen atoms in total. The molecule has 1 aromatic heterocycles. The number of hydrogen-bond donors (Lipinski definition) is 2. The fourth-order valence-electron chi connectivity index (χ4n) is 2.85. The van der Waals surface area contributed by atoms with Crippen LogP contribution in [-0.2, 0) is 0 Å². The molecule has 0 saturated carbocycles. The van der Waals surface area contributed by atoms with Crippen LogP contribution < -0.4 is 15.5 Å². The minimum Gasteiger partial charge on any atom is -0.341 e. The summed E-state index contributed by atoms with van der Waals surface area (Å²) in [6, 6.07) is 7.38. The zero-order chi connectivity index (χ0) is 17.1. The topological polar surface area (TPSA) is 70.2 Å². The fourth-order valence-corrected chi connectivity index (χ4v) is 2.85. The number of hydrogen-bond acceptors (Lipinski definition) is 4. The third-order valence-corrected chi connectivity index (χ3v) is 4.20. The Balaban J connectivity index is 1.72. The summed E-state index contributed by atoms with van der Waals surface area (Å²) in [5, 5.41) is 5.69. The number of amides is 2. The number of nitrogens with one attached hydrogen (secondary N) is 2. The van der Waals surface area contributed by atoms with Gasteiger partial charge in [-0.05, 0) is 45.7 Å². The molecule has 2 N–H and O–H groups in total. The largest absolute Gasteiger partial charge is 0.341 e. The lowest BCUT2D eigenvalue weighted by atomic mass is 10.2. The van der Waals surface area contributed by atoms with Crippen molar-refractivity contribution in [1.82, 2.24) is 9.97 Å². The van der Waals surface area contributed by atoms with Crippen LogP contribution in [0.3, 0.4) is 0 Å². The zero-order valence-corrected chi connectivity index (χ0v) is 14.4. The molecule has 0 atom stereocenters. The Morgan fingerprint density at radius 1 is 0.958 bits per heavy atom.